The molecule has 2 N–H and O–H groups in total. The fourth-order valence-electron chi connectivity index (χ4n) is 2.72. The molecule has 0 atom stereocenters. The van der Waals surface area contributed by atoms with Gasteiger partial charge < -0.3 is 15.1 Å². The Morgan fingerprint density at radius 1 is 0.903 bits per heavy atom. The SMILES string of the molecule is CC(C)N(C)S(=O)(=O)c1cccc(C(=O)Nc2cccc(NC(=O)c3ccco3)c2)c1. The number of hydrogen-bond acceptors (Lipinski definition) is 5. The summed E-state index contributed by atoms with van der Waals surface area (Å²) >= 11 is 0. The molecule has 3 rings (SSSR count). The molecule has 0 saturated heterocycles. The number of nitrogens with one attached hydrogen (secondary N) is 2. The van der Waals surface area contributed by atoms with Crippen LogP contribution in [0.25, 0.3) is 0 Å². The summed E-state index contributed by atoms with van der Waals surface area (Å²) in [7, 11) is -2.22. The van der Waals surface area contributed by atoms with Crippen LogP contribution in [-0.4, -0.2) is 37.6 Å². The molecule has 2 aromatic carbocycles. The zero-order valence-corrected chi connectivity index (χ0v) is 18.1. The highest BCUT2D eigenvalue weighted by atomic mass is 32.2. The normalized spacial score (nSPS) is 11.5. The van der Waals surface area contributed by atoms with E-state index in [1.807, 2.05) is 0 Å². The number of rotatable bonds is 7. The highest BCUT2D eigenvalue weighted by Gasteiger charge is 2.24. The van der Waals surface area contributed by atoms with Gasteiger partial charge in [0.1, 0.15) is 0 Å². The first-order valence-electron chi connectivity index (χ1n) is 9.53. The predicted octanol–water partition coefficient (Wildman–Crippen LogP) is 3.81. The maximum absolute atomic E-state index is 12.7. The van der Waals surface area contributed by atoms with Gasteiger partial charge in [-0.3, -0.25) is 9.59 Å². The summed E-state index contributed by atoms with van der Waals surface area (Å²) in [6.45, 7) is 3.54. The third-order valence-electron chi connectivity index (χ3n) is 4.62. The quantitative estimate of drug-likeness (QED) is 0.579. The Balaban J connectivity index is 1.76. The minimum absolute atomic E-state index is 0.0378. The molecular formula is C22H23N3O5S. The molecular weight excluding hydrogens is 418 g/mol. The second-order valence-electron chi connectivity index (χ2n) is 7.11. The van der Waals surface area contributed by atoms with Gasteiger partial charge in [-0.25, -0.2) is 8.42 Å². The van der Waals surface area contributed by atoms with Crippen molar-refractivity contribution in [1.29, 1.82) is 0 Å². The van der Waals surface area contributed by atoms with Crippen molar-refractivity contribution >= 4 is 33.2 Å². The zero-order chi connectivity index (χ0) is 22.6. The molecule has 1 heterocycles. The Morgan fingerprint density at radius 3 is 2.16 bits per heavy atom. The molecule has 0 fully saturated rings. The third kappa shape index (κ3) is 5.19. The molecule has 0 aliphatic heterocycles. The van der Waals surface area contributed by atoms with E-state index in [2.05, 4.69) is 10.6 Å². The largest absolute Gasteiger partial charge is 0.459 e. The summed E-state index contributed by atoms with van der Waals surface area (Å²) in [6.07, 6.45) is 1.40. The second-order valence-corrected chi connectivity index (χ2v) is 9.11. The fraction of sp³-hybridized carbons (Fsp3) is 0.182. The average molecular weight is 442 g/mol. The maximum atomic E-state index is 12.7. The summed E-state index contributed by atoms with van der Waals surface area (Å²) in [6, 6.07) is 15.4. The van der Waals surface area contributed by atoms with Gasteiger partial charge in [0.2, 0.25) is 10.0 Å². The van der Waals surface area contributed by atoms with Crippen LogP contribution in [0, 0.1) is 0 Å². The van der Waals surface area contributed by atoms with Crippen molar-refractivity contribution in [1.82, 2.24) is 4.31 Å². The lowest BCUT2D eigenvalue weighted by atomic mass is 10.2. The lowest BCUT2D eigenvalue weighted by Gasteiger charge is -2.21. The van der Waals surface area contributed by atoms with Crippen molar-refractivity contribution < 1.29 is 22.4 Å². The molecule has 0 unspecified atom stereocenters. The van der Waals surface area contributed by atoms with Gasteiger partial charge in [-0.05, 0) is 62.4 Å². The first-order valence-corrected chi connectivity index (χ1v) is 11.0. The molecule has 8 nitrogen and oxygen atoms in total. The Labute approximate surface area is 180 Å². The van der Waals surface area contributed by atoms with Crippen molar-refractivity contribution in [3.8, 4) is 0 Å². The first kappa shape index (κ1) is 22.3. The molecule has 9 heteroatoms. The molecule has 2 amide bonds. The number of amides is 2. The highest BCUT2D eigenvalue weighted by molar-refractivity contribution is 7.89. The molecule has 0 aliphatic rings. The summed E-state index contributed by atoms with van der Waals surface area (Å²) in [5, 5.41) is 5.40. The standard InChI is InChI=1S/C22H23N3O5S/c1-15(2)25(3)31(28,29)19-10-4-7-16(13-19)21(26)23-17-8-5-9-18(14-17)24-22(27)20-11-6-12-30-20/h4-15H,1-3H3,(H,23,26)(H,24,27). The number of furan rings is 1. The molecule has 162 valence electrons. The van der Waals surface area contributed by atoms with E-state index in [1.54, 1.807) is 50.2 Å². The minimum atomic E-state index is -3.71. The smallest absolute Gasteiger partial charge is 0.291 e. The van der Waals surface area contributed by atoms with Gasteiger partial charge in [0, 0.05) is 30.0 Å². The van der Waals surface area contributed by atoms with Gasteiger partial charge in [0.25, 0.3) is 11.8 Å². The number of hydrogen-bond donors (Lipinski definition) is 2. The van der Waals surface area contributed by atoms with Gasteiger partial charge >= 0.3 is 0 Å². The van der Waals surface area contributed by atoms with Gasteiger partial charge in [-0.2, -0.15) is 4.31 Å². The van der Waals surface area contributed by atoms with Crippen molar-refractivity contribution in [2.24, 2.45) is 0 Å². The van der Waals surface area contributed by atoms with E-state index >= 15 is 0 Å². The first-order chi connectivity index (χ1) is 14.7. The van der Waals surface area contributed by atoms with E-state index in [9.17, 15) is 18.0 Å². The Morgan fingerprint density at radius 2 is 1.55 bits per heavy atom. The van der Waals surface area contributed by atoms with Crippen molar-refractivity contribution in [2.45, 2.75) is 24.8 Å². The Bertz CT molecular complexity index is 1190. The van der Waals surface area contributed by atoms with Crippen LogP contribution in [0.3, 0.4) is 0 Å². The Kier molecular flexibility index (Phi) is 6.57. The number of nitrogens with zero attached hydrogens (tertiary/aromatic N) is 1. The Hall–Kier alpha value is -3.43. The number of benzene rings is 2. The van der Waals surface area contributed by atoms with E-state index in [0.29, 0.717) is 11.4 Å². The van der Waals surface area contributed by atoms with Crippen LogP contribution in [-0.2, 0) is 10.0 Å². The van der Waals surface area contributed by atoms with E-state index in [-0.39, 0.29) is 22.3 Å². The van der Waals surface area contributed by atoms with E-state index in [1.165, 1.54) is 41.9 Å². The summed E-state index contributed by atoms with van der Waals surface area (Å²) < 4.78 is 31.7. The van der Waals surface area contributed by atoms with Crippen LogP contribution >= 0.6 is 0 Å². The van der Waals surface area contributed by atoms with Gasteiger partial charge in [0.15, 0.2) is 5.76 Å². The summed E-state index contributed by atoms with van der Waals surface area (Å²) in [5.74, 6) is -0.724. The number of sulfonamides is 1. The fourth-order valence-corrected chi connectivity index (χ4v) is 4.13. The van der Waals surface area contributed by atoms with Gasteiger partial charge in [-0.15, -0.1) is 0 Å². The number of anilines is 2. The number of carbonyl (C=O) groups excluding carboxylic acids is 2. The molecule has 1 aromatic heterocycles. The number of carbonyl (C=O) groups is 2. The molecule has 3 aromatic rings. The summed E-state index contributed by atoms with van der Waals surface area (Å²) in [5.41, 5.74) is 1.10. The van der Waals surface area contributed by atoms with Crippen LogP contribution in [0.1, 0.15) is 34.8 Å². The summed E-state index contributed by atoms with van der Waals surface area (Å²) in [4.78, 5) is 24.8. The van der Waals surface area contributed by atoms with Gasteiger partial charge in [0.05, 0.1) is 11.2 Å². The molecule has 0 spiro atoms. The predicted molar refractivity (Wildman–Crippen MR) is 118 cm³/mol. The molecule has 31 heavy (non-hydrogen) atoms. The minimum Gasteiger partial charge on any atom is -0.459 e. The topological polar surface area (TPSA) is 109 Å². The van der Waals surface area contributed by atoms with Crippen molar-refractivity contribution in [3.05, 3.63) is 78.3 Å². The lowest BCUT2D eigenvalue weighted by molar-refractivity contribution is 0.0995. The van der Waals surface area contributed by atoms with Crippen LogP contribution in [0.2, 0.25) is 0 Å². The maximum Gasteiger partial charge on any atom is 0.291 e. The average Bonchev–Trinajstić information content (AvgIpc) is 3.28. The molecule has 0 aliphatic carbocycles. The van der Waals surface area contributed by atoms with Crippen LogP contribution in [0.15, 0.2) is 76.2 Å². The van der Waals surface area contributed by atoms with Gasteiger partial charge in [-0.1, -0.05) is 12.1 Å². The molecule has 0 radical (unpaired) electrons. The molecule has 0 saturated carbocycles. The second kappa shape index (κ2) is 9.15. The van der Waals surface area contributed by atoms with Crippen LogP contribution < -0.4 is 10.6 Å². The lowest BCUT2D eigenvalue weighted by Crippen LogP contribution is -2.33. The van der Waals surface area contributed by atoms with E-state index in [4.69, 9.17) is 4.42 Å². The van der Waals surface area contributed by atoms with E-state index in [0.717, 1.165) is 0 Å². The zero-order valence-electron chi connectivity index (χ0n) is 17.3. The molecule has 0 bridgehead atoms. The van der Waals surface area contributed by atoms with Crippen molar-refractivity contribution in [2.75, 3.05) is 17.7 Å². The highest BCUT2D eigenvalue weighted by Crippen LogP contribution is 2.20. The monoisotopic (exact) mass is 441 g/mol. The third-order valence-corrected chi connectivity index (χ3v) is 6.65. The van der Waals surface area contributed by atoms with Crippen LogP contribution in [0.4, 0.5) is 11.4 Å². The van der Waals surface area contributed by atoms with E-state index < -0.39 is 21.8 Å². The van der Waals surface area contributed by atoms with Crippen LogP contribution in [0.5, 0.6) is 0 Å². The van der Waals surface area contributed by atoms with Crippen molar-refractivity contribution in [3.63, 3.8) is 0 Å².